The highest BCUT2D eigenvalue weighted by molar-refractivity contribution is 5.68. The lowest BCUT2D eigenvalue weighted by Gasteiger charge is -2.09. The van der Waals surface area contributed by atoms with Gasteiger partial charge in [-0.25, -0.2) is 9.78 Å². The normalized spacial score (nSPS) is 16.7. The molecule has 3 rings (SSSR count). The minimum atomic E-state index is -0.533. The van der Waals surface area contributed by atoms with Crippen molar-refractivity contribution in [1.82, 2.24) is 25.3 Å². The number of imidazole rings is 1. The van der Waals surface area contributed by atoms with Gasteiger partial charge in [-0.2, -0.15) is 0 Å². The van der Waals surface area contributed by atoms with Crippen LogP contribution in [0.15, 0.2) is 9.59 Å². The molecule has 2 aromatic rings. The van der Waals surface area contributed by atoms with Gasteiger partial charge in [0.25, 0.3) is 5.56 Å². The van der Waals surface area contributed by atoms with Crippen LogP contribution in [0.2, 0.25) is 0 Å². The van der Waals surface area contributed by atoms with Crippen molar-refractivity contribution in [3.63, 3.8) is 0 Å². The Morgan fingerprint density at radius 3 is 2.72 bits per heavy atom. The van der Waals surface area contributed by atoms with Crippen LogP contribution in [0.25, 0.3) is 11.2 Å². The van der Waals surface area contributed by atoms with Gasteiger partial charge in [0.2, 0.25) is 0 Å². The summed E-state index contributed by atoms with van der Waals surface area (Å²) in [5.74, 6) is 0.671. The molecule has 2 aromatic heterocycles. The zero-order valence-corrected chi connectivity index (χ0v) is 9.88. The van der Waals surface area contributed by atoms with Gasteiger partial charge in [-0.05, 0) is 12.8 Å². The highest BCUT2D eigenvalue weighted by Gasteiger charge is 2.15. The molecule has 4 N–H and O–H groups in total. The number of aromatic amines is 3. The molecule has 0 aromatic carbocycles. The summed E-state index contributed by atoms with van der Waals surface area (Å²) >= 11 is 0. The maximum absolute atomic E-state index is 11.5. The molecule has 0 atom stereocenters. The number of nitrogens with one attached hydrogen (secondary N) is 4. The first kappa shape index (κ1) is 11.2. The first-order chi connectivity index (χ1) is 8.72. The SMILES string of the molecule is O=c1[nH]c(=O)c2[nH]c(CNC3CCCC3)nc2[nH]1. The molecule has 0 aliphatic heterocycles. The third-order valence-corrected chi connectivity index (χ3v) is 3.35. The van der Waals surface area contributed by atoms with Crippen LogP contribution in [0, 0.1) is 0 Å². The quantitative estimate of drug-likeness (QED) is 0.613. The van der Waals surface area contributed by atoms with Crippen molar-refractivity contribution in [3.05, 3.63) is 26.7 Å². The highest BCUT2D eigenvalue weighted by Crippen LogP contribution is 2.17. The second-order valence-electron chi connectivity index (χ2n) is 4.68. The number of H-pyrrole nitrogens is 3. The fraction of sp³-hybridized carbons (Fsp3) is 0.545. The topological polar surface area (TPSA) is 106 Å². The number of rotatable bonds is 3. The van der Waals surface area contributed by atoms with Crippen LogP contribution >= 0.6 is 0 Å². The van der Waals surface area contributed by atoms with E-state index in [2.05, 4.69) is 25.3 Å². The summed E-state index contributed by atoms with van der Waals surface area (Å²) in [7, 11) is 0. The van der Waals surface area contributed by atoms with Crippen LogP contribution in [-0.2, 0) is 6.54 Å². The maximum atomic E-state index is 11.5. The molecule has 0 spiro atoms. The molecule has 2 heterocycles. The number of hydrogen-bond acceptors (Lipinski definition) is 4. The second-order valence-corrected chi connectivity index (χ2v) is 4.68. The van der Waals surface area contributed by atoms with Crippen LogP contribution < -0.4 is 16.6 Å². The van der Waals surface area contributed by atoms with Crippen molar-refractivity contribution >= 4 is 11.2 Å². The Morgan fingerprint density at radius 2 is 1.94 bits per heavy atom. The summed E-state index contributed by atoms with van der Waals surface area (Å²) in [4.78, 5) is 34.4. The van der Waals surface area contributed by atoms with Gasteiger partial charge in [0, 0.05) is 6.04 Å². The monoisotopic (exact) mass is 249 g/mol. The lowest BCUT2D eigenvalue weighted by molar-refractivity contribution is 0.516. The minimum absolute atomic E-state index is 0.312. The van der Waals surface area contributed by atoms with E-state index >= 15 is 0 Å². The molecule has 7 heteroatoms. The Morgan fingerprint density at radius 1 is 1.17 bits per heavy atom. The number of hydrogen-bond donors (Lipinski definition) is 4. The second kappa shape index (κ2) is 4.41. The fourth-order valence-electron chi connectivity index (χ4n) is 2.44. The third-order valence-electron chi connectivity index (χ3n) is 3.35. The van der Waals surface area contributed by atoms with Gasteiger partial charge in [0.05, 0.1) is 6.54 Å². The molecule has 1 fully saturated rings. The van der Waals surface area contributed by atoms with Gasteiger partial charge in [-0.15, -0.1) is 0 Å². The Bertz CT molecular complexity index is 662. The molecular weight excluding hydrogens is 234 g/mol. The van der Waals surface area contributed by atoms with Crippen LogP contribution in [-0.4, -0.2) is 26.0 Å². The van der Waals surface area contributed by atoms with Crippen molar-refractivity contribution in [1.29, 1.82) is 0 Å². The predicted octanol–water partition coefficient (Wildman–Crippen LogP) is -0.0283. The molecule has 1 saturated carbocycles. The summed E-state index contributed by atoms with van der Waals surface area (Å²) in [6.45, 7) is 0.584. The van der Waals surface area contributed by atoms with E-state index in [1.54, 1.807) is 0 Å². The Labute approximate surface area is 102 Å². The average Bonchev–Trinajstić information content (AvgIpc) is 2.93. The van der Waals surface area contributed by atoms with Crippen LogP contribution in [0.4, 0.5) is 0 Å². The van der Waals surface area contributed by atoms with Gasteiger partial charge in [-0.3, -0.25) is 14.8 Å². The van der Waals surface area contributed by atoms with Gasteiger partial charge >= 0.3 is 5.69 Å². The van der Waals surface area contributed by atoms with E-state index in [4.69, 9.17) is 0 Å². The maximum Gasteiger partial charge on any atom is 0.327 e. The van der Waals surface area contributed by atoms with Gasteiger partial charge in [-0.1, -0.05) is 12.8 Å². The van der Waals surface area contributed by atoms with Crippen molar-refractivity contribution in [2.45, 2.75) is 38.3 Å². The molecular formula is C11H15N5O2. The van der Waals surface area contributed by atoms with Crippen LogP contribution in [0.1, 0.15) is 31.5 Å². The molecule has 1 aliphatic rings. The summed E-state index contributed by atoms with van der Waals surface area (Å²) in [5, 5.41) is 3.39. The van der Waals surface area contributed by atoms with E-state index in [0.29, 0.717) is 29.6 Å². The summed E-state index contributed by atoms with van der Waals surface area (Å²) in [6, 6.07) is 0.538. The Balaban J connectivity index is 1.82. The van der Waals surface area contributed by atoms with E-state index in [-0.39, 0.29) is 0 Å². The van der Waals surface area contributed by atoms with Crippen molar-refractivity contribution in [2.24, 2.45) is 0 Å². The Hall–Kier alpha value is -1.89. The standard InChI is InChI=1S/C11H15N5O2/c17-10-8-9(15-11(18)16-10)14-7(13-8)5-12-6-3-1-2-4-6/h6,12H,1-5H2,(H3,13,14,15,16,17,18). The summed E-state index contributed by atoms with van der Waals surface area (Å²) < 4.78 is 0. The van der Waals surface area contributed by atoms with Crippen LogP contribution in [0.5, 0.6) is 0 Å². The molecule has 0 radical (unpaired) electrons. The first-order valence-electron chi connectivity index (χ1n) is 6.17. The van der Waals surface area contributed by atoms with Crippen molar-refractivity contribution in [3.8, 4) is 0 Å². The molecule has 96 valence electrons. The van der Waals surface area contributed by atoms with Crippen molar-refractivity contribution in [2.75, 3.05) is 0 Å². The molecule has 0 amide bonds. The average molecular weight is 249 g/mol. The molecule has 7 nitrogen and oxygen atoms in total. The summed E-state index contributed by atoms with van der Waals surface area (Å²) in [6.07, 6.45) is 4.92. The molecule has 0 unspecified atom stereocenters. The third kappa shape index (κ3) is 2.08. The molecule has 0 saturated heterocycles. The van der Waals surface area contributed by atoms with Crippen molar-refractivity contribution < 1.29 is 0 Å². The lowest BCUT2D eigenvalue weighted by Crippen LogP contribution is -2.25. The fourth-order valence-corrected chi connectivity index (χ4v) is 2.44. The predicted molar refractivity (Wildman–Crippen MR) is 66.4 cm³/mol. The number of aromatic nitrogens is 4. The van der Waals surface area contributed by atoms with Gasteiger partial charge < -0.3 is 10.3 Å². The number of fused-ring (bicyclic) bond motifs is 1. The molecule has 1 aliphatic carbocycles. The number of nitrogens with zero attached hydrogens (tertiary/aromatic N) is 1. The van der Waals surface area contributed by atoms with E-state index in [0.717, 1.165) is 0 Å². The largest absolute Gasteiger partial charge is 0.335 e. The highest BCUT2D eigenvalue weighted by atomic mass is 16.2. The minimum Gasteiger partial charge on any atom is -0.335 e. The summed E-state index contributed by atoms with van der Waals surface area (Å²) in [5.41, 5.74) is -0.340. The smallest absolute Gasteiger partial charge is 0.327 e. The van der Waals surface area contributed by atoms with Gasteiger partial charge in [0.15, 0.2) is 5.65 Å². The van der Waals surface area contributed by atoms with E-state index in [1.807, 2.05) is 0 Å². The molecule has 18 heavy (non-hydrogen) atoms. The van der Waals surface area contributed by atoms with Gasteiger partial charge in [0.1, 0.15) is 11.3 Å². The zero-order valence-electron chi connectivity index (χ0n) is 9.88. The Kier molecular flexibility index (Phi) is 2.75. The van der Waals surface area contributed by atoms with E-state index in [1.165, 1.54) is 25.7 Å². The van der Waals surface area contributed by atoms with E-state index in [9.17, 15) is 9.59 Å². The van der Waals surface area contributed by atoms with Crippen LogP contribution in [0.3, 0.4) is 0 Å². The van der Waals surface area contributed by atoms with E-state index < -0.39 is 11.2 Å². The molecule has 0 bridgehead atoms. The first-order valence-corrected chi connectivity index (χ1v) is 6.17. The zero-order chi connectivity index (χ0) is 12.5. The lowest BCUT2D eigenvalue weighted by atomic mass is 10.2.